The zero-order valence-electron chi connectivity index (χ0n) is 14.1. The maximum absolute atomic E-state index is 4.57. The van der Waals surface area contributed by atoms with Crippen LogP contribution < -0.4 is 5.32 Å². The zero-order valence-corrected chi connectivity index (χ0v) is 14.1. The lowest BCUT2D eigenvalue weighted by Crippen LogP contribution is -2.06. The number of anilines is 1. The summed E-state index contributed by atoms with van der Waals surface area (Å²) in [5, 5.41) is 4.71. The molecular weight excluding hydrogens is 284 g/mol. The van der Waals surface area contributed by atoms with Gasteiger partial charge in [-0.15, -0.1) is 0 Å². The van der Waals surface area contributed by atoms with E-state index in [9.17, 15) is 0 Å². The Balaban J connectivity index is 1.96. The molecule has 2 aromatic heterocycles. The van der Waals surface area contributed by atoms with Crippen LogP contribution in [-0.4, -0.2) is 15.8 Å². The van der Waals surface area contributed by atoms with Crippen LogP contribution in [0.1, 0.15) is 40.0 Å². The second-order valence-electron chi connectivity index (χ2n) is 6.08. The van der Waals surface area contributed by atoms with Crippen LogP contribution in [-0.2, 0) is 6.54 Å². The lowest BCUT2D eigenvalue weighted by molar-refractivity contribution is 0.650. The average molecular weight is 308 g/mol. The van der Waals surface area contributed by atoms with Crippen molar-refractivity contribution in [2.45, 2.75) is 46.6 Å². The number of fused-ring (bicyclic) bond motifs is 1. The van der Waals surface area contributed by atoms with E-state index in [2.05, 4.69) is 59.0 Å². The molecule has 3 rings (SSSR count). The Morgan fingerprint density at radius 1 is 1.26 bits per heavy atom. The lowest BCUT2D eigenvalue weighted by atomic mass is 10.1. The van der Waals surface area contributed by atoms with E-state index in [4.69, 9.17) is 0 Å². The van der Waals surface area contributed by atoms with Crippen LogP contribution in [0.4, 0.5) is 5.82 Å². The van der Waals surface area contributed by atoms with Crippen LogP contribution in [0, 0.1) is 0 Å². The molecule has 0 unspecified atom stereocenters. The van der Waals surface area contributed by atoms with Gasteiger partial charge < -0.3 is 9.88 Å². The van der Waals surface area contributed by atoms with Gasteiger partial charge in [0.05, 0.1) is 5.52 Å². The summed E-state index contributed by atoms with van der Waals surface area (Å²) in [6.45, 7) is 7.50. The summed E-state index contributed by atoms with van der Waals surface area (Å²) in [5.74, 6) is 0.918. The molecule has 0 saturated carbocycles. The molecule has 2 aromatic rings. The van der Waals surface area contributed by atoms with Gasteiger partial charge in [0, 0.05) is 48.9 Å². The van der Waals surface area contributed by atoms with Crippen LogP contribution in [0.2, 0.25) is 0 Å². The van der Waals surface area contributed by atoms with E-state index >= 15 is 0 Å². The first kappa shape index (κ1) is 15.5. The van der Waals surface area contributed by atoms with Gasteiger partial charge >= 0.3 is 0 Å². The quantitative estimate of drug-likeness (QED) is 0.853. The van der Waals surface area contributed by atoms with Gasteiger partial charge in [0.15, 0.2) is 0 Å². The number of aliphatic imine (C=N–C) groups is 1. The van der Waals surface area contributed by atoms with Gasteiger partial charge in [0.2, 0.25) is 0 Å². The molecule has 4 heteroatoms. The molecule has 0 fully saturated rings. The topological polar surface area (TPSA) is 42.2 Å². The standard InChI is InChI=1S/C19H24N4/c1-4-5-11-23-12-8-16-17(23)7-10-21-19(16)22-18-14(2)6-9-20-13-15(18)3/h7-10,12-13H,4-6,11H2,1-3H3,(H,21,22). The normalized spacial score (nSPS) is 15.0. The number of pyridine rings is 1. The monoisotopic (exact) mass is 308 g/mol. The molecule has 1 N–H and O–H groups in total. The number of hydrogen-bond donors (Lipinski definition) is 1. The summed E-state index contributed by atoms with van der Waals surface area (Å²) in [4.78, 5) is 8.87. The minimum absolute atomic E-state index is 0.865. The SMILES string of the molecule is CCCCn1ccc2c(NC3=C(C)CC=NC=C3C)nccc21. The summed E-state index contributed by atoms with van der Waals surface area (Å²) < 4.78 is 2.31. The van der Waals surface area contributed by atoms with Crippen molar-refractivity contribution < 1.29 is 0 Å². The van der Waals surface area contributed by atoms with E-state index in [1.165, 1.54) is 29.3 Å². The Kier molecular flexibility index (Phi) is 4.60. The predicted molar refractivity (Wildman–Crippen MR) is 97.8 cm³/mol. The molecule has 0 amide bonds. The van der Waals surface area contributed by atoms with E-state index in [-0.39, 0.29) is 0 Å². The molecule has 120 valence electrons. The van der Waals surface area contributed by atoms with E-state index in [0.29, 0.717) is 0 Å². The Labute approximate surface area is 137 Å². The highest BCUT2D eigenvalue weighted by molar-refractivity contribution is 5.91. The van der Waals surface area contributed by atoms with Crippen LogP contribution in [0.15, 0.2) is 52.6 Å². The number of aromatic nitrogens is 2. The minimum Gasteiger partial charge on any atom is -0.347 e. The molecule has 3 heterocycles. The first-order valence-electron chi connectivity index (χ1n) is 8.30. The lowest BCUT2D eigenvalue weighted by Gasteiger charge is -2.14. The number of nitrogens with one attached hydrogen (secondary N) is 1. The number of hydrogen-bond acceptors (Lipinski definition) is 3. The summed E-state index contributed by atoms with van der Waals surface area (Å²) in [5.41, 5.74) is 4.79. The fourth-order valence-corrected chi connectivity index (χ4v) is 2.93. The van der Waals surface area contributed by atoms with Gasteiger partial charge in [-0.2, -0.15) is 0 Å². The first-order valence-corrected chi connectivity index (χ1v) is 8.30. The predicted octanol–water partition coefficient (Wildman–Crippen LogP) is 4.90. The highest BCUT2D eigenvalue weighted by Gasteiger charge is 2.12. The van der Waals surface area contributed by atoms with Gasteiger partial charge in [-0.1, -0.05) is 13.3 Å². The number of nitrogens with zero attached hydrogens (tertiary/aromatic N) is 3. The molecule has 0 bridgehead atoms. The molecule has 0 radical (unpaired) electrons. The Morgan fingerprint density at radius 3 is 2.96 bits per heavy atom. The van der Waals surface area contributed by atoms with Crippen LogP contribution in [0.3, 0.4) is 0 Å². The molecule has 4 nitrogen and oxygen atoms in total. The molecule has 1 aliphatic heterocycles. The second kappa shape index (κ2) is 6.82. The molecule has 23 heavy (non-hydrogen) atoms. The molecule has 0 saturated heterocycles. The first-order chi connectivity index (χ1) is 11.2. The van der Waals surface area contributed by atoms with E-state index in [0.717, 1.165) is 30.1 Å². The number of rotatable bonds is 5. The highest BCUT2D eigenvalue weighted by atomic mass is 15.0. The van der Waals surface area contributed by atoms with Gasteiger partial charge in [-0.25, -0.2) is 4.98 Å². The van der Waals surface area contributed by atoms with E-state index in [1.807, 2.05) is 18.6 Å². The summed E-state index contributed by atoms with van der Waals surface area (Å²) in [6, 6.07) is 4.25. The summed E-state index contributed by atoms with van der Waals surface area (Å²) >= 11 is 0. The van der Waals surface area contributed by atoms with Gasteiger partial charge in [0.25, 0.3) is 0 Å². The van der Waals surface area contributed by atoms with Crippen LogP contribution >= 0.6 is 0 Å². The smallest absolute Gasteiger partial charge is 0.139 e. The van der Waals surface area contributed by atoms with Gasteiger partial charge in [0.1, 0.15) is 5.82 Å². The average Bonchev–Trinajstić information content (AvgIpc) is 2.91. The Morgan fingerprint density at radius 2 is 2.13 bits per heavy atom. The van der Waals surface area contributed by atoms with Crippen LogP contribution in [0.25, 0.3) is 10.9 Å². The number of unbranched alkanes of at least 4 members (excludes halogenated alkanes) is 1. The van der Waals surface area contributed by atoms with E-state index in [1.54, 1.807) is 0 Å². The zero-order chi connectivity index (χ0) is 16.2. The minimum atomic E-state index is 0.865. The van der Waals surface area contributed by atoms with Crippen molar-refractivity contribution in [3.8, 4) is 0 Å². The molecule has 0 aliphatic carbocycles. The highest BCUT2D eigenvalue weighted by Crippen LogP contribution is 2.27. The third kappa shape index (κ3) is 3.21. The third-order valence-corrected chi connectivity index (χ3v) is 4.29. The maximum Gasteiger partial charge on any atom is 0.139 e. The van der Waals surface area contributed by atoms with Crippen molar-refractivity contribution in [3.63, 3.8) is 0 Å². The fourth-order valence-electron chi connectivity index (χ4n) is 2.93. The molecule has 0 atom stereocenters. The van der Waals surface area contributed by atoms with Crippen molar-refractivity contribution in [1.29, 1.82) is 0 Å². The number of aryl methyl sites for hydroxylation is 1. The second-order valence-corrected chi connectivity index (χ2v) is 6.08. The Hall–Kier alpha value is -2.36. The number of allylic oxidation sites excluding steroid dienone is 2. The van der Waals surface area contributed by atoms with Crippen LogP contribution in [0.5, 0.6) is 0 Å². The van der Waals surface area contributed by atoms with E-state index < -0.39 is 0 Å². The van der Waals surface area contributed by atoms with Crippen molar-refractivity contribution in [1.82, 2.24) is 9.55 Å². The van der Waals surface area contributed by atoms with Crippen molar-refractivity contribution in [3.05, 3.63) is 47.6 Å². The summed E-state index contributed by atoms with van der Waals surface area (Å²) in [6.07, 6.45) is 11.2. The molecule has 1 aliphatic rings. The van der Waals surface area contributed by atoms with Gasteiger partial charge in [-0.3, -0.25) is 4.99 Å². The third-order valence-electron chi connectivity index (χ3n) is 4.29. The molecular formula is C19H24N4. The molecule has 0 aromatic carbocycles. The summed E-state index contributed by atoms with van der Waals surface area (Å²) in [7, 11) is 0. The molecule has 0 spiro atoms. The van der Waals surface area contributed by atoms with Crippen molar-refractivity contribution >= 4 is 22.9 Å². The van der Waals surface area contributed by atoms with Crippen molar-refractivity contribution in [2.24, 2.45) is 4.99 Å². The van der Waals surface area contributed by atoms with Gasteiger partial charge in [-0.05, 0) is 43.5 Å². The Bertz CT molecular complexity index is 793. The fraction of sp³-hybridized carbons (Fsp3) is 0.368. The largest absolute Gasteiger partial charge is 0.347 e. The van der Waals surface area contributed by atoms with Crippen molar-refractivity contribution in [2.75, 3.05) is 5.32 Å². The maximum atomic E-state index is 4.57.